The molecular formula is C14H15F2NO. The summed E-state index contributed by atoms with van der Waals surface area (Å²) in [4.78, 5) is 0. The van der Waals surface area contributed by atoms with Crippen LogP contribution in [-0.4, -0.2) is 6.54 Å². The topological polar surface area (TPSA) is 25.2 Å². The van der Waals surface area contributed by atoms with E-state index in [1.54, 1.807) is 12.1 Å². The molecule has 0 aliphatic rings. The van der Waals surface area contributed by atoms with Gasteiger partial charge in [-0.15, -0.1) is 0 Å². The van der Waals surface area contributed by atoms with E-state index in [4.69, 9.17) is 4.42 Å². The maximum atomic E-state index is 13.9. The fraction of sp³-hybridized carbons (Fsp3) is 0.286. The molecule has 18 heavy (non-hydrogen) atoms. The van der Waals surface area contributed by atoms with Crippen LogP contribution in [-0.2, 0) is 0 Å². The van der Waals surface area contributed by atoms with Gasteiger partial charge in [-0.25, -0.2) is 8.78 Å². The minimum Gasteiger partial charge on any atom is -0.467 e. The van der Waals surface area contributed by atoms with Gasteiger partial charge in [0.25, 0.3) is 0 Å². The van der Waals surface area contributed by atoms with E-state index in [1.165, 1.54) is 25.3 Å². The van der Waals surface area contributed by atoms with Crippen molar-refractivity contribution in [1.82, 2.24) is 5.32 Å². The van der Waals surface area contributed by atoms with E-state index in [2.05, 4.69) is 5.32 Å². The van der Waals surface area contributed by atoms with Crippen LogP contribution < -0.4 is 5.32 Å². The van der Waals surface area contributed by atoms with Crippen molar-refractivity contribution in [2.24, 2.45) is 0 Å². The third-order valence-corrected chi connectivity index (χ3v) is 2.82. The summed E-state index contributed by atoms with van der Waals surface area (Å²) in [5.41, 5.74) is 0.556. The second kappa shape index (κ2) is 5.31. The van der Waals surface area contributed by atoms with Crippen LogP contribution in [0, 0.1) is 18.6 Å². The van der Waals surface area contributed by atoms with Crippen molar-refractivity contribution >= 4 is 0 Å². The SMILES string of the molecule is CCNC(c1ccco1)c1cc(F)c(C)cc1F. The molecule has 1 N–H and O–H groups in total. The molecule has 4 heteroatoms. The minimum absolute atomic E-state index is 0.259. The van der Waals surface area contributed by atoms with Crippen LogP contribution in [0.5, 0.6) is 0 Å². The van der Waals surface area contributed by atoms with Crippen molar-refractivity contribution in [3.63, 3.8) is 0 Å². The zero-order chi connectivity index (χ0) is 13.1. The van der Waals surface area contributed by atoms with Crippen molar-refractivity contribution in [1.29, 1.82) is 0 Å². The van der Waals surface area contributed by atoms with Gasteiger partial charge in [-0.05, 0) is 43.3 Å². The van der Waals surface area contributed by atoms with E-state index in [9.17, 15) is 8.78 Å². The van der Waals surface area contributed by atoms with Gasteiger partial charge in [0, 0.05) is 5.56 Å². The summed E-state index contributed by atoms with van der Waals surface area (Å²) >= 11 is 0. The fourth-order valence-electron chi connectivity index (χ4n) is 1.91. The Morgan fingerprint density at radius 1 is 1.28 bits per heavy atom. The molecule has 2 rings (SSSR count). The first-order chi connectivity index (χ1) is 8.63. The summed E-state index contributed by atoms with van der Waals surface area (Å²) in [6.07, 6.45) is 1.52. The highest BCUT2D eigenvalue weighted by Crippen LogP contribution is 2.26. The molecule has 1 unspecified atom stereocenters. The Labute approximate surface area is 105 Å². The second-order valence-electron chi connectivity index (χ2n) is 4.13. The Hall–Kier alpha value is -1.68. The quantitative estimate of drug-likeness (QED) is 0.898. The Kier molecular flexibility index (Phi) is 3.77. The van der Waals surface area contributed by atoms with Crippen LogP contribution >= 0.6 is 0 Å². The van der Waals surface area contributed by atoms with Crippen molar-refractivity contribution in [2.45, 2.75) is 19.9 Å². The van der Waals surface area contributed by atoms with Gasteiger partial charge in [-0.1, -0.05) is 6.92 Å². The van der Waals surface area contributed by atoms with Crippen LogP contribution in [0.1, 0.15) is 29.9 Å². The molecule has 0 saturated carbocycles. The lowest BCUT2D eigenvalue weighted by molar-refractivity contribution is 0.439. The summed E-state index contributed by atoms with van der Waals surface area (Å²) in [5.74, 6) is -0.281. The maximum Gasteiger partial charge on any atom is 0.128 e. The molecule has 0 amide bonds. The largest absolute Gasteiger partial charge is 0.467 e. The summed E-state index contributed by atoms with van der Waals surface area (Å²) in [6.45, 7) is 4.07. The lowest BCUT2D eigenvalue weighted by Gasteiger charge is -2.17. The molecule has 0 saturated heterocycles. The minimum atomic E-state index is -0.472. The number of hydrogen-bond donors (Lipinski definition) is 1. The number of hydrogen-bond acceptors (Lipinski definition) is 2. The second-order valence-corrected chi connectivity index (χ2v) is 4.13. The summed E-state index contributed by atoms with van der Waals surface area (Å²) in [7, 11) is 0. The van der Waals surface area contributed by atoms with Crippen molar-refractivity contribution in [3.05, 3.63) is 59.1 Å². The molecule has 2 nitrogen and oxygen atoms in total. The first-order valence-electron chi connectivity index (χ1n) is 5.85. The molecule has 1 heterocycles. The first kappa shape index (κ1) is 12.8. The van der Waals surface area contributed by atoms with Gasteiger partial charge in [0.15, 0.2) is 0 Å². The van der Waals surface area contributed by atoms with Crippen molar-refractivity contribution < 1.29 is 13.2 Å². The summed E-state index contributed by atoms with van der Waals surface area (Å²) in [6, 6.07) is 5.42. The number of furan rings is 1. The molecule has 1 aromatic carbocycles. The van der Waals surface area contributed by atoms with Gasteiger partial charge in [0.2, 0.25) is 0 Å². The molecule has 96 valence electrons. The highest BCUT2D eigenvalue weighted by Gasteiger charge is 2.20. The molecule has 0 radical (unpaired) electrons. The zero-order valence-electron chi connectivity index (χ0n) is 10.3. The molecule has 0 aliphatic carbocycles. The maximum absolute atomic E-state index is 13.9. The van der Waals surface area contributed by atoms with Gasteiger partial charge in [0.05, 0.1) is 12.3 Å². The molecular weight excluding hydrogens is 236 g/mol. The van der Waals surface area contributed by atoms with E-state index >= 15 is 0 Å². The van der Waals surface area contributed by atoms with E-state index in [0.717, 1.165) is 0 Å². The van der Waals surface area contributed by atoms with E-state index < -0.39 is 17.7 Å². The van der Waals surface area contributed by atoms with Gasteiger partial charge in [0.1, 0.15) is 17.4 Å². The fourth-order valence-corrected chi connectivity index (χ4v) is 1.91. The molecule has 0 bridgehead atoms. The molecule has 0 aliphatic heterocycles. The number of rotatable bonds is 4. The first-order valence-corrected chi connectivity index (χ1v) is 5.85. The Morgan fingerprint density at radius 3 is 2.67 bits per heavy atom. The Balaban J connectivity index is 2.46. The molecule has 1 aromatic heterocycles. The van der Waals surface area contributed by atoms with Crippen LogP contribution in [0.25, 0.3) is 0 Å². The van der Waals surface area contributed by atoms with Gasteiger partial charge < -0.3 is 9.73 Å². The van der Waals surface area contributed by atoms with E-state index in [1.807, 2.05) is 6.92 Å². The van der Waals surface area contributed by atoms with Gasteiger partial charge >= 0.3 is 0 Å². The smallest absolute Gasteiger partial charge is 0.128 e. The molecule has 0 fully saturated rings. The number of halogens is 2. The third kappa shape index (κ3) is 2.43. The van der Waals surface area contributed by atoms with Crippen LogP contribution in [0.3, 0.4) is 0 Å². The number of benzene rings is 1. The van der Waals surface area contributed by atoms with Gasteiger partial charge in [-0.2, -0.15) is 0 Å². The summed E-state index contributed by atoms with van der Waals surface area (Å²) in [5, 5.41) is 3.09. The average Bonchev–Trinajstić information content (AvgIpc) is 2.85. The summed E-state index contributed by atoms with van der Waals surface area (Å²) < 4.78 is 32.8. The van der Waals surface area contributed by atoms with Crippen LogP contribution in [0.15, 0.2) is 34.9 Å². The number of nitrogens with one attached hydrogen (secondary N) is 1. The highest BCUT2D eigenvalue weighted by molar-refractivity contribution is 5.32. The Morgan fingerprint density at radius 2 is 2.06 bits per heavy atom. The third-order valence-electron chi connectivity index (χ3n) is 2.82. The monoisotopic (exact) mass is 251 g/mol. The standard InChI is InChI=1S/C14H15F2NO/c1-3-17-14(13-5-4-6-18-13)10-8-11(15)9(2)7-12(10)16/h4-8,14,17H,3H2,1-2H3. The molecule has 0 spiro atoms. The van der Waals surface area contributed by atoms with Crippen LogP contribution in [0.4, 0.5) is 8.78 Å². The van der Waals surface area contributed by atoms with Crippen molar-refractivity contribution in [3.8, 4) is 0 Å². The van der Waals surface area contributed by atoms with Gasteiger partial charge in [-0.3, -0.25) is 0 Å². The molecule has 1 atom stereocenters. The Bertz CT molecular complexity index is 523. The number of aryl methyl sites for hydroxylation is 1. The van der Waals surface area contributed by atoms with Crippen molar-refractivity contribution in [2.75, 3.05) is 6.54 Å². The predicted molar refractivity (Wildman–Crippen MR) is 65.3 cm³/mol. The lowest BCUT2D eigenvalue weighted by Crippen LogP contribution is -2.22. The molecule has 2 aromatic rings. The van der Waals surface area contributed by atoms with E-state index in [0.29, 0.717) is 17.9 Å². The highest BCUT2D eigenvalue weighted by atomic mass is 19.1. The average molecular weight is 251 g/mol. The van der Waals surface area contributed by atoms with Crippen LogP contribution in [0.2, 0.25) is 0 Å². The zero-order valence-corrected chi connectivity index (χ0v) is 10.3. The normalized spacial score (nSPS) is 12.7. The van der Waals surface area contributed by atoms with E-state index in [-0.39, 0.29) is 5.56 Å². The predicted octanol–water partition coefficient (Wildman–Crippen LogP) is 3.57. The lowest BCUT2D eigenvalue weighted by atomic mass is 10.0.